The zero-order valence-electron chi connectivity index (χ0n) is 15.4. The van der Waals surface area contributed by atoms with E-state index in [0.29, 0.717) is 25.0 Å². The van der Waals surface area contributed by atoms with Crippen LogP contribution in [0.2, 0.25) is 0 Å². The first-order chi connectivity index (χ1) is 13.9. The SMILES string of the molecule is O=C(O)/C=C\C(=O)O.O=C(O)CCCCC(=O)O.O=C(O)c1ccc(C(=O)O)cc1. The second-order valence-electron chi connectivity index (χ2n) is 5.19. The molecule has 0 fully saturated rings. The molecule has 0 spiro atoms. The molecular weight excluding hydrogens is 408 g/mol. The molecule has 0 bridgehead atoms. The number of carboxylic acid groups (broad SMARTS) is 6. The van der Waals surface area contributed by atoms with Crippen molar-refractivity contribution >= 4 is 35.8 Å². The van der Waals surface area contributed by atoms with Crippen LogP contribution in [0.3, 0.4) is 0 Å². The molecule has 12 nitrogen and oxygen atoms in total. The molecule has 0 atom stereocenters. The lowest BCUT2D eigenvalue weighted by Crippen LogP contribution is -1.99. The number of carboxylic acids is 6. The molecular formula is C18H20O12. The molecule has 0 heterocycles. The molecule has 0 radical (unpaired) electrons. The van der Waals surface area contributed by atoms with Crippen LogP contribution in [0.5, 0.6) is 0 Å². The molecule has 12 heteroatoms. The van der Waals surface area contributed by atoms with E-state index < -0.39 is 35.8 Å². The van der Waals surface area contributed by atoms with E-state index in [1.807, 2.05) is 0 Å². The Bertz CT molecular complexity index is 712. The fourth-order valence-corrected chi connectivity index (χ4v) is 1.45. The summed E-state index contributed by atoms with van der Waals surface area (Å²) in [6.07, 6.45) is 2.13. The van der Waals surface area contributed by atoms with Gasteiger partial charge in [-0.05, 0) is 37.1 Å². The van der Waals surface area contributed by atoms with Crippen molar-refractivity contribution in [3.63, 3.8) is 0 Å². The van der Waals surface area contributed by atoms with E-state index in [1.165, 1.54) is 24.3 Å². The number of hydrogen-bond acceptors (Lipinski definition) is 6. The van der Waals surface area contributed by atoms with Crippen LogP contribution in [0.25, 0.3) is 0 Å². The van der Waals surface area contributed by atoms with E-state index in [-0.39, 0.29) is 24.0 Å². The van der Waals surface area contributed by atoms with Gasteiger partial charge in [0, 0.05) is 25.0 Å². The van der Waals surface area contributed by atoms with Gasteiger partial charge in [-0.3, -0.25) is 9.59 Å². The number of aromatic carboxylic acids is 2. The van der Waals surface area contributed by atoms with Crippen molar-refractivity contribution in [3.05, 3.63) is 47.5 Å². The Hall–Kier alpha value is -4.22. The molecule has 0 saturated heterocycles. The Kier molecular flexibility index (Phi) is 14.7. The molecule has 1 aromatic carbocycles. The second-order valence-corrected chi connectivity index (χ2v) is 5.19. The molecule has 0 aliphatic heterocycles. The number of aliphatic carboxylic acids is 4. The summed E-state index contributed by atoms with van der Waals surface area (Å²) in [5, 5.41) is 48.8. The molecule has 0 saturated carbocycles. The maximum atomic E-state index is 10.3. The molecule has 1 aromatic rings. The van der Waals surface area contributed by atoms with Crippen LogP contribution in [0.15, 0.2) is 36.4 Å². The lowest BCUT2D eigenvalue weighted by molar-refractivity contribution is -0.139. The molecule has 0 aliphatic carbocycles. The Balaban J connectivity index is 0. The van der Waals surface area contributed by atoms with Crippen molar-refractivity contribution < 1.29 is 59.4 Å². The van der Waals surface area contributed by atoms with Crippen LogP contribution >= 0.6 is 0 Å². The number of benzene rings is 1. The summed E-state index contributed by atoms with van der Waals surface area (Å²) in [6, 6.07) is 5.02. The van der Waals surface area contributed by atoms with Crippen LogP contribution in [0, 0.1) is 0 Å². The fraction of sp³-hybridized carbons (Fsp3) is 0.222. The van der Waals surface area contributed by atoms with E-state index >= 15 is 0 Å². The highest BCUT2D eigenvalue weighted by Gasteiger charge is 2.04. The van der Waals surface area contributed by atoms with Crippen LogP contribution in [-0.2, 0) is 19.2 Å². The second kappa shape index (κ2) is 15.8. The summed E-state index contributed by atoms with van der Waals surface area (Å²) in [5.41, 5.74) is 0.167. The lowest BCUT2D eigenvalue weighted by atomic mass is 10.1. The van der Waals surface area contributed by atoms with Crippen molar-refractivity contribution in [2.45, 2.75) is 25.7 Å². The van der Waals surface area contributed by atoms with Gasteiger partial charge in [-0.25, -0.2) is 19.2 Å². The van der Waals surface area contributed by atoms with Gasteiger partial charge in [0.25, 0.3) is 0 Å². The number of unbranched alkanes of at least 4 members (excludes halogenated alkanes) is 1. The van der Waals surface area contributed by atoms with Crippen molar-refractivity contribution in [2.75, 3.05) is 0 Å². The summed E-state index contributed by atoms with van der Waals surface area (Å²) in [6.45, 7) is 0. The highest BCUT2D eigenvalue weighted by atomic mass is 16.4. The Labute approximate surface area is 169 Å². The molecule has 164 valence electrons. The summed E-state index contributed by atoms with van der Waals surface area (Å²) in [7, 11) is 0. The van der Waals surface area contributed by atoms with Gasteiger partial charge in [0.05, 0.1) is 11.1 Å². The number of rotatable bonds is 9. The maximum absolute atomic E-state index is 10.3. The standard InChI is InChI=1S/C8H6O4.C6H10O4.C4H4O4/c9-7(10)5-1-2-6(4-3-5)8(11)12;7-5(8)3-1-2-4-6(9)10;5-3(6)1-2-4(7)8/h1-4H,(H,9,10)(H,11,12);1-4H2,(H,7,8)(H,9,10);1-2H,(H,5,6)(H,7,8)/b;;2-1-. The predicted molar refractivity (Wildman–Crippen MR) is 98.5 cm³/mol. The van der Waals surface area contributed by atoms with Gasteiger partial charge in [-0.2, -0.15) is 0 Å². The number of carbonyl (C=O) groups is 6. The third-order valence-corrected chi connectivity index (χ3v) is 2.78. The van der Waals surface area contributed by atoms with Crippen LogP contribution in [-0.4, -0.2) is 66.5 Å². The van der Waals surface area contributed by atoms with Crippen LogP contribution < -0.4 is 0 Å². The van der Waals surface area contributed by atoms with Crippen molar-refractivity contribution in [1.82, 2.24) is 0 Å². The molecule has 1 rings (SSSR count). The van der Waals surface area contributed by atoms with E-state index in [4.69, 9.17) is 30.6 Å². The lowest BCUT2D eigenvalue weighted by Gasteiger charge is -1.94. The quantitative estimate of drug-likeness (QED) is 0.243. The first-order valence-electron chi connectivity index (χ1n) is 8.01. The normalized spacial score (nSPS) is 9.33. The van der Waals surface area contributed by atoms with Gasteiger partial charge >= 0.3 is 35.8 Å². The highest BCUT2D eigenvalue weighted by Crippen LogP contribution is 2.03. The third-order valence-electron chi connectivity index (χ3n) is 2.78. The third kappa shape index (κ3) is 18.6. The van der Waals surface area contributed by atoms with Crippen molar-refractivity contribution in [3.8, 4) is 0 Å². The van der Waals surface area contributed by atoms with E-state index in [1.54, 1.807) is 0 Å². The van der Waals surface area contributed by atoms with E-state index in [0.717, 1.165) is 0 Å². The molecule has 6 N–H and O–H groups in total. The maximum Gasteiger partial charge on any atom is 0.335 e. The Morgan fingerprint density at radius 1 is 0.567 bits per heavy atom. The molecule has 0 aliphatic rings. The Morgan fingerprint density at radius 2 is 0.833 bits per heavy atom. The minimum atomic E-state index is -1.26. The fourth-order valence-electron chi connectivity index (χ4n) is 1.45. The zero-order valence-corrected chi connectivity index (χ0v) is 15.4. The minimum absolute atomic E-state index is 0.0628. The molecule has 30 heavy (non-hydrogen) atoms. The van der Waals surface area contributed by atoms with Crippen LogP contribution in [0.1, 0.15) is 46.4 Å². The van der Waals surface area contributed by atoms with Gasteiger partial charge < -0.3 is 30.6 Å². The Morgan fingerprint density at radius 3 is 1.00 bits per heavy atom. The first-order valence-corrected chi connectivity index (χ1v) is 8.01. The predicted octanol–water partition coefficient (Wildman–Crippen LogP) is 1.51. The van der Waals surface area contributed by atoms with Gasteiger partial charge in [-0.15, -0.1) is 0 Å². The first kappa shape index (κ1) is 28.0. The number of hydrogen-bond donors (Lipinski definition) is 6. The topological polar surface area (TPSA) is 224 Å². The zero-order chi connectivity index (χ0) is 23.7. The molecule has 0 aromatic heterocycles. The largest absolute Gasteiger partial charge is 0.481 e. The average molecular weight is 428 g/mol. The average Bonchev–Trinajstić information content (AvgIpc) is 2.64. The summed E-state index contributed by atoms with van der Waals surface area (Å²) in [4.78, 5) is 59.6. The summed E-state index contributed by atoms with van der Waals surface area (Å²) in [5.74, 6) is -6.38. The van der Waals surface area contributed by atoms with Crippen molar-refractivity contribution in [1.29, 1.82) is 0 Å². The van der Waals surface area contributed by atoms with Crippen molar-refractivity contribution in [2.24, 2.45) is 0 Å². The monoisotopic (exact) mass is 428 g/mol. The van der Waals surface area contributed by atoms with Crippen LogP contribution in [0.4, 0.5) is 0 Å². The van der Waals surface area contributed by atoms with Gasteiger partial charge in [0.15, 0.2) is 0 Å². The summed E-state index contributed by atoms with van der Waals surface area (Å²) < 4.78 is 0. The molecule has 0 unspecified atom stereocenters. The smallest absolute Gasteiger partial charge is 0.335 e. The van der Waals surface area contributed by atoms with E-state index in [2.05, 4.69) is 0 Å². The summed E-state index contributed by atoms with van der Waals surface area (Å²) >= 11 is 0. The van der Waals surface area contributed by atoms with Gasteiger partial charge in [0.1, 0.15) is 0 Å². The minimum Gasteiger partial charge on any atom is -0.481 e. The molecule has 0 amide bonds. The van der Waals surface area contributed by atoms with Gasteiger partial charge in [0.2, 0.25) is 0 Å². The highest BCUT2D eigenvalue weighted by molar-refractivity contribution is 5.91. The van der Waals surface area contributed by atoms with Gasteiger partial charge in [-0.1, -0.05) is 0 Å². The van der Waals surface area contributed by atoms with E-state index in [9.17, 15) is 28.8 Å².